The molecule has 0 amide bonds. The van der Waals surface area contributed by atoms with Gasteiger partial charge in [-0.25, -0.2) is 0 Å². The molecule has 148 valence electrons. The molecule has 5 heteroatoms. The Morgan fingerprint density at radius 2 is 0.929 bits per heavy atom. The Kier molecular flexibility index (Phi) is 6.56. The molecule has 0 saturated heterocycles. The Morgan fingerprint density at radius 3 is 1.21 bits per heavy atom. The number of hydrogen-bond donors (Lipinski definition) is 1. The van der Waals surface area contributed by atoms with Gasteiger partial charge in [0.15, 0.2) is 0 Å². The van der Waals surface area contributed by atoms with Gasteiger partial charge in [0.1, 0.15) is 0 Å². The van der Waals surface area contributed by atoms with Crippen molar-refractivity contribution < 1.29 is 18.7 Å². The van der Waals surface area contributed by atoms with E-state index in [2.05, 4.69) is 0 Å². The van der Waals surface area contributed by atoms with Crippen LogP contribution in [0.4, 0.5) is 0 Å². The third kappa shape index (κ3) is 4.83. The number of aliphatic hydroxyl groups excluding tert-OH is 1. The van der Waals surface area contributed by atoms with Crippen molar-refractivity contribution in [1.29, 1.82) is 0 Å². The van der Waals surface area contributed by atoms with Crippen LogP contribution in [0, 0.1) is 20.8 Å². The summed E-state index contributed by atoms with van der Waals surface area (Å²) in [6, 6.07) is 23.3. The first-order valence-electron chi connectivity index (χ1n) is 9.38. The molecule has 0 aliphatic heterocycles. The van der Waals surface area contributed by atoms with E-state index in [1.54, 1.807) is 0 Å². The van der Waals surface area contributed by atoms with Gasteiger partial charge in [-0.3, -0.25) is 0 Å². The molecule has 3 aromatic rings. The molecule has 0 aliphatic carbocycles. The van der Waals surface area contributed by atoms with E-state index in [4.69, 9.17) is 13.6 Å². The number of para-hydroxylation sites is 3. The minimum absolute atomic E-state index is 0.101. The van der Waals surface area contributed by atoms with Crippen LogP contribution in [-0.4, -0.2) is 17.9 Å². The molecule has 4 nitrogen and oxygen atoms in total. The van der Waals surface area contributed by atoms with E-state index in [-0.39, 0.29) is 12.8 Å². The molecule has 0 spiro atoms. The fourth-order valence-electron chi connectivity index (χ4n) is 2.87. The third-order valence-corrected chi connectivity index (χ3v) is 6.92. The molecule has 0 unspecified atom stereocenters. The average molecular weight is 398 g/mol. The third-order valence-electron chi connectivity index (χ3n) is 4.50. The summed E-state index contributed by atoms with van der Waals surface area (Å²) in [5, 5.41) is 9.84. The molecular formula is C23H27O4P. The van der Waals surface area contributed by atoms with E-state index in [0.29, 0.717) is 17.2 Å². The van der Waals surface area contributed by atoms with Gasteiger partial charge in [-0.2, -0.15) is 0 Å². The van der Waals surface area contributed by atoms with E-state index >= 15 is 0 Å². The maximum absolute atomic E-state index is 9.84. The number of benzene rings is 3. The van der Waals surface area contributed by atoms with E-state index in [0.717, 1.165) is 16.7 Å². The van der Waals surface area contributed by atoms with Crippen LogP contribution in [0.1, 0.15) is 16.7 Å². The maximum atomic E-state index is 9.84. The predicted molar refractivity (Wildman–Crippen MR) is 116 cm³/mol. The molecule has 0 atom stereocenters. The molecule has 0 bridgehead atoms. The van der Waals surface area contributed by atoms with E-state index in [9.17, 15) is 5.11 Å². The summed E-state index contributed by atoms with van der Waals surface area (Å²) >= 11 is 0. The first kappa shape index (κ1) is 20.2. The van der Waals surface area contributed by atoms with Gasteiger partial charge in [0.25, 0.3) is 0 Å². The molecule has 0 aliphatic rings. The fraction of sp³-hybridized carbons (Fsp3) is 0.217. The normalized spacial score (nSPS) is 11.7. The SMILES string of the molecule is Cc1ccccc1O[PH](CCO)(Oc1ccccc1C)Oc1ccccc1C. The summed E-state index contributed by atoms with van der Waals surface area (Å²) in [6.07, 6.45) is 0.268. The summed E-state index contributed by atoms with van der Waals surface area (Å²) in [5.74, 6) is 2.10. The molecule has 3 aromatic carbocycles. The quantitative estimate of drug-likeness (QED) is 0.499. The molecule has 0 fully saturated rings. The number of hydrogen-bond acceptors (Lipinski definition) is 4. The molecule has 0 aromatic heterocycles. The zero-order valence-corrected chi connectivity index (χ0v) is 17.5. The van der Waals surface area contributed by atoms with Crippen LogP contribution in [-0.2, 0) is 0 Å². The summed E-state index contributed by atoms with van der Waals surface area (Å²) in [6.45, 7) is 5.84. The fourth-order valence-corrected chi connectivity index (χ4v) is 5.27. The Labute approximate surface area is 167 Å². The Balaban J connectivity index is 2.04. The van der Waals surface area contributed by atoms with Crippen molar-refractivity contribution in [3.05, 3.63) is 89.5 Å². The van der Waals surface area contributed by atoms with Crippen molar-refractivity contribution in [2.45, 2.75) is 20.8 Å². The van der Waals surface area contributed by atoms with Gasteiger partial charge in [0.05, 0.1) is 0 Å². The number of rotatable bonds is 8. The van der Waals surface area contributed by atoms with Gasteiger partial charge < -0.3 is 0 Å². The van der Waals surface area contributed by atoms with Gasteiger partial charge in [-0.05, 0) is 0 Å². The second-order valence-electron chi connectivity index (χ2n) is 6.76. The van der Waals surface area contributed by atoms with Crippen LogP contribution >= 0.6 is 7.94 Å². The van der Waals surface area contributed by atoms with E-state index in [1.165, 1.54) is 0 Å². The number of aliphatic hydroxyl groups is 1. The zero-order valence-electron chi connectivity index (χ0n) is 16.5. The van der Waals surface area contributed by atoms with Crippen molar-refractivity contribution in [2.24, 2.45) is 0 Å². The van der Waals surface area contributed by atoms with E-state index < -0.39 is 7.94 Å². The summed E-state index contributed by atoms with van der Waals surface area (Å²) in [5.41, 5.74) is 2.96. The van der Waals surface area contributed by atoms with Gasteiger partial charge in [0, 0.05) is 0 Å². The first-order valence-corrected chi connectivity index (χ1v) is 11.3. The van der Waals surface area contributed by atoms with Gasteiger partial charge in [0.2, 0.25) is 0 Å². The van der Waals surface area contributed by atoms with Crippen LogP contribution in [0.2, 0.25) is 0 Å². The van der Waals surface area contributed by atoms with Crippen LogP contribution in [0.3, 0.4) is 0 Å². The summed E-state index contributed by atoms with van der Waals surface area (Å²) in [4.78, 5) is 0. The zero-order chi connectivity index (χ0) is 20.0. The summed E-state index contributed by atoms with van der Waals surface area (Å²) < 4.78 is 19.3. The summed E-state index contributed by atoms with van der Waals surface area (Å²) in [7, 11) is -3.36. The van der Waals surface area contributed by atoms with Crippen molar-refractivity contribution in [1.82, 2.24) is 0 Å². The Hall–Kier alpha value is -2.55. The monoisotopic (exact) mass is 398 g/mol. The van der Waals surface area contributed by atoms with Crippen LogP contribution < -0.4 is 13.6 Å². The standard InChI is InChI=1S/C23H27O4P/c1-18-10-4-7-13-21(18)25-28(17-16-24,26-22-14-8-5-11-19(22)2)27-23-15-9-6-12-20(23)3/h4-15,24,28H,16-17H2,1-3H3. The number of aryl methyl sites for hydroxylation is 3. The molecule has 0 heterocycles. The second-order valence-corrected chi connectivity index (χ2v) is 9.24. The molecule has 0 saturated carbocycles. The first-order chi connectivity index (χ1) is 13.5. The van der Waals surface area contributed by atoms with Crippen molar-refractivity contribution in [2.75, 3.05) is 12.8 Å². The molecular weight excluding hydrogens is 371 g/mol. The topological polar surface area (TPSA) is 47.9 Å². The molecule has 3 rings (SSSR count). The predicted octanol–water partition coefficient (Wildman–Crippen LogP) is 5.64. The Bertz CT molecular complexity index is 810. The Morgan fingerprint density at radius 1 is 0.607 bits per heavy atom. The van der Waals surface area contributed by atoms with Crippen LogP contribution in [0.5, 0.6) is 17.2 Å². The van der Waals surface area contributed by atoms with Crippen molar-refractivity contribution in [3.63, 3.8) is 0 Å². The second kappa shape index (κ2) is 9.09. The van der Waals surface area contributed by atoms with Crippen LogP contribution in [0.25, 0.3) is 0 Å². The molecule has 0 radical (unpaired) electrons. The van der Waals surface area contributed by atoms with Crippen molar-refractivity contribution >= 4 is 7.94 Å². The average Bonchev–Trinajstić information content (AvgIpc) is 2.68. The van der Waals surface area contributed by atoms with Crippen LogP contribution in [0.15, 0.2) is 72.8 Å². The van der Waals surface area contributed by atoms with Gasteiger partial charge in [-0.1, -0.05) is 0 Å². The molecule has 28 heavy (non-hydrogen) atoms. The van der Waals surface area contributed by atoms with Crippen molar-refractivity contribution in [3.8, 4) is 17.2 Å². The minimum atomic E-state index is -3.36. The van der Waals surface area contributed by atoms with Gasteiger partial charge >= 0.3 is 167 Å². The van der Waals surface area contributed by atoms with Gasteiger partial charge in [-0.15, -0.1) is 0 Å². The van der Waals surface area contributed by atoms with E-state index in [1.807, 2.05) is 93.6 Å². The molecule has 1 N–H and O–H groups in total.